The summed E-state index contributed by atoms with van der Waals surface area (Å²) in [5.74, 6) is 0.394. The van der Waals surface area contributed by atoms with Crippen molar-refractivity contribution < 1.29 is 14.3 Å². The average Bonchev–Trinajstić information content (AvgIpc) is 3.15. The summed E-state index contributed by atoms with van der Waals surface area (Å²) in [6, 6.07) is 7.41. The molecule has 2 aromatic rings. The summed E-state index contributed by atoms with van der Waals surface area (Å²) in [5, 5.41) is 5.49. The quantitative estimate of drug-likeness (QED) is 0.785. The number of hydrogen-bond donors (Lipinski definition) is 1. The Balaban J connectivity index is 1.32. The van der Waals surface area contributed by atoms with Crippen molar-refractivity contribution >= 4 is 34.0 Å². The number of fused-ring (bicyclic) bond motifs is 1. The standard InChI is InChI=1S/C21H26N4O3S/c1-15-20(27)25(17-7-3-4-8-18(17)28-15)12-9-19(26)23-21-22-16(14-29-21)13-24-10-5-2-6-11-24/h3-4,7-8,14-15H,2,5-6,9-13H2,1H3,(H,22,23,26)/t15-/m1/s1. The van der Waals surface area contributed by atoms with Gasteiger partial charge in [0.25, 0.3) is 5.91 Å². The molecule has 1 N–H and O–H groups in total. The number of ether oxygens (including phenoxy) is 1. The number of hydrogen-bond acceptors (Lipinski definition) is 6. The van der Waals surface area contributed by atoms with Crippen molar-refractivity contribution in [2.75, 3.05) is 29.9 Å². The lowest BCUT2D eigenvalue weighted by Crippen LogP contribution is -2.45. The van der Waals surface area contributed by atoms with Crippen LogP contribution in [-0.4, -0.2) is 47.4 Å². The number of carbonyl (C=O) groups is 2. The number of thiazole rings is 1. The van der Waals surface area contributed by atoms with E-state index in [1.807, 2.05) is 29.6 Å². The average molecular weight is 415 g/mol. The molecule has 4 rings (SSSR count). The van der Waals surface area contributed by atoms with Gasteiger partial charge in [0.15, 0.2) is 11.2 Å². The van der Waals surface area contributed by atoms with Crippen molar-refractivity contribution in [3.8, 4) is 5.75 Å². The summed E-state index contributed by atoms with van der Waals surface area (Å²) in [6.45, 7) is 5.11. The molecule has 1 saturated heterocycles. The van der Waals surface area contributed by atoms with E-state index in [2.05, 4.69) is 15.2 Å². The normalized spacial score (nSPS) is 19.6. The van der Waals surface area contributed by atoms with E-state index in [1.54, 1.807) is 11.8 Å². The van der Waals surface area contributed by atoms with E-state index in [-0.39, 0.29) is 18.2 Å². The van der Waals surface area contributed by atoms with Gasteiger partial charge in [0.2, 0.25) is 5.91 Å². The smallest absolute Gasteiger partial charge is 0.267 e. The van der Waals surface area contributed by atoms with E-state index >= 15 is 0 Å². The molecular weight excluding hydrogens is 388 g/mol. The second-order valence-electron chi connectivity index (χ2n) is 7.50. The molecule has 154 valence electrons. The van der Waals surface area contributed by atoms with E-state index in [0.29, 0.717) is 23.1 Å². The van der Waals surface area contributed by atoms with Gasteiger partial charge in [-0.25, -0.2) is 4.98 Å². The fourth-order valence-corrected chi connectivity index (χ4v) is 4.49. The van der Waals surface area contributed by atoms with E-state index in [1.165, 1.54) is 30.6 Å². The highest BCUT2D eigenvalue weighted by Crippen LogP contribution is 2.33. The zero-order valence-corrected chi connectivity index (χ0v) is 17.4. The Morgan fingerprint density at radius 3 is 2.90 bits per heavy atom. The van der Waals surface area contributed by atoms with Gasteiger partial charge in [0.05, 0.1) is 11.4 Å². The lowest BCUT2D eigenvalue weighted by atomic mass is 10.1. The molecule has 2 aliphatic rings. The molecule has 1 fully saturated rings. The number of amides is 2. The molecule has 8 heteroatoms. The number of para-hydroxylation sites is 2. The molecule has 29 heavy (non-hydrogen) atoms. The molecule has 0 aliphatic carbocycles. The van der Waals surface area contributed by atoms with Crippen LogP contribution in [0.2, 0.25) is 0 Å². The monoisotopic (exact) mass is 414 g/mol. The van der Waals surface area contributed by atoms with Gasteiger partial charge in [-0.3, -0.25) is 14.5 Å². The van der Waals surface area contributed by atoms with Gasteiger partial charge < -0.3 is 15.0 Å². The first-order valence-corrected chi connectivity index (χ1v) is 11.0. The molecule has 0 radical (unpaired) electrons. The number of aromatic nitrogens is 1. The number of anilines is 2. The van der Waals surface area contributed by atoms with Crippen molar-refractivity contribution in [1.29, 1.82) is 0 Å². The largest absolute Gasteiger partial charge is 0.479 e. The minimum Gasteiger partial charge on any atom is -0.479 e. The molecule has 0 spiro atoms. The third-order valence-corrected chi connectivity index (χ3v) is 6.07. The number of benzene rings is 1. The van der Waals surface area contributed by atoms with Crippen molar-refractivity contribution in [2.24, 2.45) is 0 Å². The number of nitrogens with zero attached hydrogens (tertiary/aromatic N) is 3. The maximum atomic E-state index is 12.5. The molecule has 0 bridgehead atoms. The maximum absolute atomic E-state index is 12.5. The van der Waals surface area contributed by atoms with Gasteiger partial charge in [-0.15, -0.1) is 11.3 Å². The number of nitrogens with one attached hydrogen (secondary N) is 1. The van der Waals surface area contributed by atoms with Gasteiger partial charge in [-0.05, 0) is 45.0 Å². The summed E-state index contributed by atoms with van der Waals surface area (Å²) < 4.78 is 5.64. The van der Waals surface area contributed by atoms with Gasteiger partial charge in [-0.1, -0.05) is 18.6 Å². The Hall–Kier alpha value is -2.45. The van der Waals surface area contributed by atoms with Gasteiger partial charge in [0.1, 0.15) is 5.75 Å². The number of piperidine rings is 1. The fourth-order valence-electron chi connectivity index (χ4n) is 3.77. The van der Waals surface area contributed by atoms with E-state index in [0.717, 1.165) is 25.3 Å². The third kappa shape index (κ3) is 4.76. The summed E-state index contributed by atoms with van der Waals surface area (Å²) in [7, 11) is 0. The van der Waals surface area contributed by atoms with Crippen LogP contribution in [0.4, 0.5) is 10.8 Å². The summed E-state index contributed by atoms with van der Waals surface area (Å²) in [4.78, 5) is 33.5. The van der Waals surface area contributed by atoms with Crippen LogP contribution in [0.25, 0.3) is 0 Å². The topological polar surface area (TPSA) is 74.8 Å². The van der Waals surface area contributed by atoms with Gasteiger partial charge in [0, 0.05) is 24.9 Å². The zero-order chi connectivity index (χ0) is 20.2. The molecule has 1 atom stereocenters. The number of likely N-dealkylation sites (tertiary alicyclic amines) is 1. The first-order valence-electron chi connectivity index (χ1n) is 10.1. The second-order valence-corrected chi connectivity index (χ2v) is 8.35. The SMILES string of the molecule is C[C@H]1Oc2ccccc2N(CCC(=O)Nc2nc(CN3CCCCC3)cs2)C1=O. The van der Waals surface area contributed by atoms with Crippen LogP contribution in [-0.2, 0) is 16.1 Å². The van der Waals surface area contributed by atoms with Gasteiger partial charge >= 0.3 is 0 Å². The van der Waals surface area contributed by atoms with Crippen LogP contribution in [0, 0.1) is 0 Å². The zero-order valence-electron chi connectivity index (χ0n) is 16.6. The summed E-state index contributed by atoms with van der Waals surface area (Å²) in [6.07, 6.45) is 3.45. The molecule has 3 heterocycles. The molecule has 1 aromatic carbocycles. The molecule has 2 amide bonds. The highest BCUT2D eigenvalue weighted by atomic mass is 32.1. The lowest BCUT2D eigenvalue weighted by molar-refractivity contribution is -0.125. The molecule has 2 aliphatic heterocycles. The van der Waals surface area contributed by atoms with Crippen LogP contribution in [0.5, 0.6) is 5.75 Å². The van der Waals surface area contributed by atoms with E-state index in [9.17, 15) is 9.59 Å². The molecule has 7 nitrogen and oxygen atoms in total. The molecule has 0 unspecified atom stereocenters. The number of rotatable bonds is 6. The summed E-state index contributed by atoms with van der Waals surface area (Å²) >= 11 is 1.45. The Kier molecular flexibility index (Phi) is 6.10. The Labute approximate surface area is 174 Å². The molecular formula is C21H26N4O3S. The van der Waals surface area contributed by atoms with Crippen molar-refractivity contribution in [2.45, 2.75) is 45.3 Å². The fraction of sp³-hybridized carbons (Fsp3) is 0.476. The van der Waals surface area contributed by atoms with Crippen molar-refractivity contribution in [1.82, 2.24) is 9.88 Å². The highest BCUT2D eigenvalue weighted by Gasteiger charge is 2.31. The molecule has 0 saturated carbocycles. The first-order chi connectivity index (χ1) is 14.1. The maximum Gasteiger partial charge on any atom is 0.267 e. The van der Waals surface area contributed by atoms with Crippen molar-refractivity contribution in [3.05, 3.63) is 35.3 Å². The lowest BCUT2D eigenvalue weighted by Gasteiger charge is -2.32. The Bertz CT molecular complexity index is 878. The van der Waals surface area contributed by atoms with Crippen LogP contribution in [0.3, 0.4) is 0 Å². The van der Waals surface area contributed by atoms with Crippen LogP contribution >= 0.6 is 11.3 Å². The molecule has 1 aromatic heterocycles. The minimum absolute atomic E-state index is 0.130. The Morgan fingerprint density at radius 1 is 1.28 bits per heavy atom. The number of carbonyl (C=O) groups excluding carboxylic acids is 2. The predicted octanol–water partition coefficient (Wildman–Crippen LogP) is 3.27. The third-order valence-electron chi connectivity index (χ3n) is 5.27. The van der Waals surface area contributed by atoms with E-state index < -0.39 is 6.10 Å². The second kappa shape index (κ2) is 8.92. The highest BCUT2D eigenvalue weighted by molar-refractivity contribution is 7.13. The van der Waals surface area contributed by atoms with Crippen LogP contribution in [0.15, 0.2) is 29.6 Å². The Morgan fingerprint density at radius 2 is 2.07 bits per heavy atom. The minimum atomic E-state index is -0.552. The van der Waals surface area contributed by atoms with Gasteiger partial charge in [-0.2, -0.15) is 0 Å². The van der Waals surface area contributed by atoms with Crippen LogP contribution < -0.4 is 15.0 Å². The van der Waals surface area contributed by atoms with Crippen LogP contribution in [0.1, 0.15) is 38.3 Å². The summed E-state index contributed by atoms with van der Waals surface area (Å²) in [5.41, 5.74) is 1.71. The van der Waals surface area contributed by atoms with Crippen molar-refractivity contribution in [3.63, 3.8) is 0 Å². The first kappa shape index (κ1) is 19.8. The van der Waals surface area contributed by atoms with E-state index in [4.69, 9.17) is 4.74 Å². The predicted molar refractivity (Wildman–Crippen MR) is 113 cm³/mol.